The van der Waals surface area contributed by atoms with Crippen LogP contribution in [0, 0.1) is 0 Å². The lowest BCUT2D eigenvalue weighted by Crippen LogP contribution is -1.83. The molecular formula is C13H10N2O3S. The number of aromatic hydroxyl groups is 1. The Morgan fingerprint density at radius 2 is 2.16 bits per heavy atom. The Kier molecular flexibility index (Phi) is 3.24. The molecule has 1 N–H and O–H groups in total. The van der Waals surface area contributed by atoms with Crippen LogP contribution in [0.5, 0.6) is 5.75 Å². The summed E-state index contributed by atoms with van der Waals surface area (Å²) in [6.07, 6.45) is 1.56. The van der Waals surface area contributed by atoms with Crippen LogP contribution in [-0.2, 0) is 5.75 Å². The summed E-state index contributed by atoms with van der Waals surface area (Å²) in [5, 5.41) is 13.2. The van der Waals surface area contributed by atoms with Gasteiger partial charge in [-0.05, 0) is 30.3 Å². The van der Waals surface area contributed by atoms with Crippen LogP contribution in [0.4, 0.5) is 0 Å². The first-order valence-corrected chi connectivity index (χ1v) is 6.58. The van der Waals surface area contributed by atoms with Crippen molar-refractivity contribution in [3.05, 3.63) is 48.5 Å². The Morgan fingerprint density at radius 1 is 1.21 bits per heavy atom. The Balaban J connectivity index is 1.68. The van der Waals surface area contributed by atoms with Crippen LogP contribution in [0.15, 0.2) is 56.5 Å². The minimum absolute atomic E-state index is 0.245. The van der Waals surface area contributed by atoms with Gasteiger partial charge in [-0.3, -0.25) is 0 Å². The van der Waals surface area contributed by atoms with Crippen molar-refractivity contribution in [3.63, 3.8) is 0 Å². The molecule has 0 bridgehead atoms. The lowest BCUT2D eigenvalue weighted by atomic mass is 10.3. The third-order valence-corrected chi connectivity index (χ3v) is 3.38. The zero-order chi connectivity index (χ0) is 13.1. The molecule has 0 aliphatic rings. The van der Waals surface area contributed by atoms with Gasteiger partial charge in [0.25, 0.3) is 5.89 Å². The number of nitrogens with zero attached hydrogens (tertiary/aromatic N) is 2. The summed E-state index contributed by atoms with van der Waals surface area (Å²) >= 11 is 1.52. The summed E-state index contributed by atoms with van der Waals surface area (Å²) in [5.74, 6) is 2.32. The average molecular weight is 274 g/mol. The van der Waals surface area contributed by atoms with E-state index in [1.165, 1.54) is 11.8 Å². The fourth-order valence-corrected chi connectivity index (χ4v) is 2.33. The number of hydrogen-bond acceptors (Lipinski definition) is 6. The summed E-state index contributed by atoms with van der Waals surface area (Å²) in [7, 11) is 0. The van der Waals surface area contributed by atoms with Crippen molar-refractivity contribution in [1.29, 1.82) is 0 Å². The summed E-state index contributed by atoms with van der Waals surface area (Å²) in [6, 6.07) is 10.6. The number of benzene rings is 1. The van der Waals surface area contributed by atoms with Gasteiger partial charge in [-0.1, -0.05) is 11.2 Å². The molecule has 0 saturated heterocycles. The molecule has 96 valence electrons. The quantitative estimate of drug-likeness (QED) is 0.736. The van der Waals surface area contributed by atoms with Gasteiger partial charge in [0.1, 0.15) is 5.75 Å². The number of rotatable bonds is 4. The lowest BCUT2D eigenvalue weighted by Gasteiger charge is -1.98. The predicted octanol–water partition coefficient (Wildman–Crippen LogP) is 3.33. The Morgan fingerprint density at radius 3 is 2.95 bits per heavy atom. The Labute approximate surface area is 113 Å². The number of aromatic nitrogens is 2. The molecule has 1 aromatic carbocycles. The van der Waals surface area contributed by atoms with E-state index in [1.807, 2.05) is 6.07 Å². The van der Waals surface area contributed by atoms with Crippen LogP contribution in [0.25, 0.3) is 11.7 Å². The van der Waals surface area contributed by atoms with Gasteiger partial charge in [-0.25, -0.2) is 0 Å². The first-order valence-electron chi connectivity index (χ1n) is 5.59. The molecule has 2 aromatic heterocycles. The van der Waals surface area contributed by atoms with E-state index in [0.717, 1.165) is 4.90 Å². The molecule has 0 saturated carbocycles. The highest BCUT2D eigenvalue weighted by atomic mass is 32.2. The van der Waals surface area contributed by atoms with Crippen molar-refractivity contribution in [2.75, 3.05) is 0 Å². The lowest BCUT2D eigenvalue weighted by molar-refractivity contribution is 0.411. The van der Waals surface area contributed by atoms with Gasteiger partial charge >= 0.3 is 0 Å². The van der Waals surface area contributed by atoms with Crippen LogP contribution in [0.2, 0.25) is 0 Å². The van der Waals surface area contributed by atoms with Crippen molar-refractivity contribution >= 4 is 11.8 Å². The van der Waals surface area contributed by atoms with E-state index in [1.54, 1.807) is 36.6 Å². The fourth-order valence-electron chi connectivity index (χ4n) is 1.53. The number of phenolic OH excluding ortho intramolecular Hbond substituents is 1. The zero-order valence-corrected chi connectivity index (χ0v) is 10.6. The maximum absolute atomic E-state index is 9.36. The van der Waals surface area contributed by atoms with Crippen molar-refractivity contribution < 1.29 is 14.0 Å². The van der Waals surface area contributed by atoms with Gasteiger partial charge in [0.05, 0.1) is 12.0 Å². The Hall–Kier alpha value is -2.21. The van der Waals surface area contributed by atoms with Gasteiger partial charge in [0, 0.05) is 4.90 Å². The van der Waals surface area contributed by atoms with E-state index < -0.39 is 0 Å². The minimum Gasteiger partial charge on any atom is -0.508 e. The predicted molar refractivity (Wildman–Crippen MR) is 69.7 cm³/mol. The van der Waals surface area contributed by atoms with Gasteiger partial charge in [0.15, 0.2) is 11.6 Å². The molecule has 3 aromatic rings. The molecule has 19 heavy (non-hydrogen) atoms. The third kappa shape index (κ3) is 2.79. The normalized spacial score (nSPS) is 10.7. The van der Waals surface area contributed by atoms with Crippen LogP contribution in [-0.4, -0.2) is 15.2 Å². The molecule has 0 spiro atoms. The Bertz CT molecular complexity index is 664. The van der Waals surface area contributed by atoms with Crippen molar-refractivity contribution in [1.82, 2.24) is 10.1 Å². The van der Waals surface area contributed by atoms with E-state index in [4.69, 9.17) is 8.94 Å². The molecule has 0 radical (unpaired) electrons. The number of hydrogen-bond donors (Lipinski definition) is 1. The first-order chi connectivity index (χ1) is 9.31. The summed E-state index contributed by atoms with van der Waals surface area (Å²) < 4.78 is 10.3. The highest BCUT2D eigenvalue weighted by molar-refractivity contribution is 7.98. The molecule has 0 atom stereocenters. The second-order valence-corrected chi connectivity index (χ2v) is 4.83. The monoisotopic (exact) mass is 274 g/mol. The second-order valence-electron chi connectivity index (χ2n) is 3.78. The van der Waals surface area contributed by atoms with Crippen molar-refractivity contribution in [3.8, 4) is 17.4 Å². The van der Waals surface area contributed by atoms with Crippen LogP contribution in [0.3, 0.4) is 0 Å². The summed E-state index contributed by atoms with van der Waals surface area (Å²) in [6.45, 7) is 0. The number of furan rings is 1. The largest absolute Gasteiger partial charge is 0.508 e. The summed E-state index contributed by atoms with van der Waals surface area (Å²) in [5.41, 5.74) is 0. The third-order valence-electron chi connectivity index (χ3n) is 2.39. The molecule has 2 heterocycles. The van der Waals surface area contributed by atoms with E-state index in [-0.39, 0.29) is 5.75 Å². The van der Waals surface area contributed by atoms with Gasteiger partial charge < -0.3 is 14.0 Å². The van der Waals surface area contributed by atoms with Crippen molar-refractivity contribution in [2.45, 2.75) is 10.6 Å². The maximum atomic E-state index is 9.36. The van der Waals surface area contributed by atoms with Gasteiger partial charge in [0.2, 0.25) is 0 Å². The molecular weight excluding hydrogens is 264 g/mol. The highest BCUT2D eigenvalue weighted by Crippen LogP contribution is 2.25. The molecule has 0 aliphatic heterocycles. The van der Waals surface area contributed by atoms with Crippen LogP contribution >= 0.6 is 11.8 Å². The minimum atomic E-state index is 0.245. The molecule has 0 unspecified atom stereocenters. The van der Waals surface area contributed by atoms with Crippen LogP contribution in [0.1, 0.15) is 5.82 Å². The number of phenols is 1. The van der Waals surface area contributed by atoms with Gasteiger partial charge in [-0.15, -0.1) is 11.8 Å². The topological polar surface area (TPSA) is 72.3 Å². The second kappa shape index (κ2) is 5.19. The molecule has 0 amide bonds. The van der Waals surface area contributed by atoms with Gasteiger partial charge in [-0.2, -0.15) is 4.98 Å². The molecule has 0 aliphatic carbocycles. The van der Waals surface area contributed by atoms with E-state index in [0.29, 0.717) is 23.2 Å². The average Bonchev–Trinajstić information content (AvgIpc) is 3.07. The SMILES string of the molecule is Oc1cccc(SCc2noc(-c3ccco3)n2)c1. The summed E-state index contributed by atoms with van der Waals surface area (Å²) in [4.78, 5) is 5.18. The van der Waals surface area contributed by atoms with E-state index in [2.05, 4.69) is 10.1 Å². The fraction of sp³-hybridized carbons (Fsp3) is 0.0769. The smallest absolute Gasteiger partial charge is 0.293 e. The highest BCUT2D eigenvalue weighted by Gasteiger charge is 2.11. The molecule has 3 rings (SSSR count). The first kappa shape index (κ1) is 11.9. The molecule has 5 nitrogen and oxygen atoms in total. The molecule has 6 heteroatoms. The van der Waals surface area contributed by atoms with E-state index >= 15 is 0 Å². The van der Waals surface area contributed by atoms with Crippen molar-refractivity contribution in [2.24, 2.45) is 0 Å². The standard InChI is InChI=1S/C13H10N2O3S/c16-9-3-1-4-10(7-9)19-8-12-14-13(18-15-12)11-5-2-6-17-11/h1-7,16H,8H2. The number of thioether (sulfide) groups is 1. The zero-order valence-electron chi connectivity index (χ0n) is 9.81. The van der Waals surface area contributed by atoms with Crippen LogP contribution < -0.4 is 0 Å². The maximum Gasteiger partial charge on any atom is 0.293 e. The molecule has 0 fully saturated rings. The van der Waals surface area contributed by atoms with E-state index in [9.17, 15) is 5.11 Å².